The van der Waals surface area contributed by atoms with Crippen LogP contribution in [-0.2, 0) is 16.0 Å². The molecule has 1 fully saturated rings. The molecule has 0 unspecified atom stereocenters. The van der Waals surface area contributed by atoms with Gasteiger partial charge in [-0.1, -0.05) is 0 Å². The molecule has 0 spiro atoms. The summed E-state index contributed by atoms with van der Waals surface area (Å²) in [5.41, 5.74) is 6.65. The highest BCUT2D eigenvalue weighted by atomic mass is 16.2. The molecule has 19 heavy (non-hydrogen) atoms. The first-order valence-corrected chi connectivity index (χ1v) is 6.44. The van der Waals surface area contributed by atoms with Crippen LogP contribution in [0.3, 0.4) is 0 Å². The zero-order valence-corrected chi connectivity index (χ0v) is 11.0. The number of aromatic nitrogens is 2. The maximum atomic E-state index is 11.5. The minimum absolute atomic E-state index is 0.0372. The van der Waals surface area contributed by atoms with Crippen molar-refractivity contribution in [2.24, 2.45) is 5.73 Å². The van der Waals surface area contributed by atoms with Gasteiger partial charge >= 0.3 is 0 Å². The van der Waals surface area contributed by atoms with Crippen molar-refractivity contribution >= 4 is 11.8 Å². The topological polar surface area (TPSA) is 89.2 Å². The quantitative estimate of drug-likeness (QED) is 0.859. The Balaban J connectivity index is 2.05. The number of amides is 2. The number of rotatable bonds is 4. The van der Waals surface area contributed by atoms with E-state index in [1.54, 1.807) is 19.3 Å². The summed E-state index contributed by atoms with van der Waals surface area (Å²) in [6, 6.07) is 0.0372. The van der Waals surface area contributed by atoms with E-state index in [2.05, 4.69) is 9.97 Å². The lowest BCUT2D eigenvalue weighted by atomic mass is 10.1. The van der Waals surface area contributed by atoms with Crippen LogP contribution in [-0.4, -0.2) is 33.2 Å². The van der Waals surface area contributed by atoms with Crippen molar-refractivity contribution in [1.29, 1.82) is 0 Å². The Hall–Kier alpha value is -1.98. The summed E-state index contributed by atoms with van der Waals surface area (Å²) in [5, 5.41) is 0. The molecule has 2 heterocycles. The zero-order chi connectivity index (χ0) is 13.8. The van der Waals surface area contributed by atoms with Crippen molar-refractivity contribution in [1.82, 2.24) is 14.9 Å². The second-order valence-electron chi connectivity index (χ2n) is 4.77. The van der Waals surface area contributed by atoms with Crippen molar-refractivity contribution in [2.75, 3.05) is 6.54 Å². The highest BCUT2D eigenvalue weighted by Crippen LogP contribution is 2.30. The molecule has 1 atom stereocenters. The summed E-state index contributed by atoms with van der Waals surface area (Å²) in [4.78, 5) is 32.7. The van der Waals surface area contributed by atoms with E-state index in [9.17, 15) is 9.59 Å². The largest absolute Gasteiger partial charge is 0.370 e. The molecule has 1 saturated heterocycles. The predicted molar refractivity (Wildman–Crippen MR) is 68.9 cm³/mol. The molecule has 1 aliphatic rings. The third kappa shape index (κ3) is 3.27. The standard InChI is InChI=1S/C13H18N4O2/c1-9(18)17-6-2-3-12(17)11-8-15-10(7-16-11)4-5-13(14)19/h7-8,12H,2-6H2,1H3,(H2,14,19)/t12-/m0/s1. The van der Waals surface area contributed by atoms with Gasteiger partial charge < -0.3 is 10.6 Å². The molecule has 0 aromatic carbocycles. The molecular formula is C13H18N4O2. The van der Waals surface area contributed by atoms with Gasteiger partial charge in [0.05, 0.1) is 23.6 Å². The smallest absolute Gasteiger partial charge is 0.220 e. The average molecular weight is 262 g/mol. The molecular weight excluding hydrogens is 244 g/mol. The number of carbonyl (C=O) groups is 2. The highest BCUT2D eigenvalue weighted by Gasteiger charge is 2.28. The van der Waals surface area contributed by atoms with Crippen molar-refractivity contribution in [3.8, 4) is 0 Å². The number of nitrogens with zero attached hydrogens (tertiary/aromatic N) is 3. The van der Waals surface area contributed by atoms with Crippen LogP contribution in [0.2, 0.25) is 0 Å². The van der Waals surface area contributed by atoms with E-state index < -0.39 is 0 Å². The molecule has 0 radical (unpaired) electrons. The van der Waals surface area contributed by atoms with Crippen LogP contribution in [0.25, 0.3) is 0 Å². The van der Waals surface area contributed by atoms with Crippen LogP contribution in [0.15, 0.2) is 12.4 Å². The van der Waals surface area contributed by atoms with Crippen molar-refractivity contribution in [3.05, 3.63) is 23.8 Å². The SMILES string of the molecule is CC(=O)N1CCC[C@H]1c1cnc(CCC(N)=O)cn1. The normalized spacial score (nSPS) is 18.6. The van der Waals surface area contributed by atoms with Crippen molar-refractivity contribution in [2.45, 2.75) is 38.6 Å². The van der Waals surface area contributed by atoms with E-state index >= 15 is 0 Å². The molecule has 0 bridgehead atoms. The number of primary amides is 1. The Kier molecular flexibility index (Phi) is 4.09. The predicted octanol–water partition coefficient (Wildman–Crippen LogP) is 0.578. The first-order valence-electron chi connectivity index (χ1n) is 6.44. The van der Waals surface area contributed by atoms with Gasteiger partial charge in [-0.05, 0) is 19.3 Å². The van der Waals surface area contributed by atoms with Gasteiger partial charge in [0.1, 0.15) is 0 Å². The number of carbonyl (C=O) groups excluding carboxylic acids is 2. The van der Waals surface area contributed by atoms with Crippen LogP contribution in [0.4, 0.5) is 0 Å². The lowest BCUT2D eigenvalue weighted by molar-refractivity contribution is -0.129. The Bertz CT molecular complexity index is 472. The summed E-state index contributed by atoms with van der Waals surface area (Å²) in [6.07, 6.45) is 6.06. The molecule has 0 saturated carbocycles. The summed E-state index contributed by atoms with van der Waals surface area (Å²) in [6.45, 7) is 2.36. The average Bonchev–Trinajstić information content (AvgIpc) is 2.86. The molecule has 6 heteroatoms. The molecule has 2 N–H and O–H groups in total. The monoisotopic (exact) mass is 262 g/mol. The molecule has 102 valence electrons. The van der Waals surface area contributed by atoms with E-state index in [1.165, 1.54) is 0 Å². The molecule has 1 aromatic rings. The third-order valence-corrected chi connectivity index (χ3v) is 3.35. The van der Waals surface area contributed by atoms with Crippen molar-refractivity contribution < 1.29 is 9.59 Å². The minimum Gasteiger partial charge on any atom is -0.370 e. The van der Waals surface area contributed by atoms with Gasteiger partial charge in [-0.15, -0.1) is 0 Å². The van der Waals surface area contributed by atoms with Crippen LogP contribution < -0.4 is 5.73 Å². The van der Waals surface area contributed by atoms with Gasteiger partial charge in [0, 0.05) is 26.1 Å². The van der Waals surface area contributed by atoms with Crippen LogP contribution in [0.5, 0.6) is 0 Å². The molecule has 2 rings (SSSR count). The van der Waals surface area contributed by atoms with Gasteiger partial charge in [-0.2, -0.15) is 0 Å². The number of hydrogen-bond acceptors (Lipinski definition) is 4. The molecule has 0 aliphatic carbocycles. The number of likely N-dealkylation sites (tertiary alicyclic amines) is 1. The second kappa shape index (κ2) is 5.77. The Labute approximate surface area is 112 Å². The second-order valence-corrected chi connectivity index (χ2v) is 4.77. The number of hydrogen-bond donors (Lipinski definition) is 1. The van der Waals surface area contributed by atoms with E-state index in [4.69, 9.17) is 5.73 Å². The van der Waals surface area contributed by atoms with Crippen LogP contribution >= 0.6 is 0 Å². The molecule has 2 amide bonds. The van der Waals surface area contributed by atoms with Gasteiger partial charge in [0.2, 0.25) is 11.8 Å². The van der Waals surface area contributed by atoms with E-state index in [-0.39, 0.29) is 24.3 Å². The van der Waals surface area contributed by atoms with Gasteiger partial charge in [0.15, 0.2) is 0 Å². The Morgan fingerprint density at radius 1 is 1.42 bits per heavy atom. The lowest BCUT2D eigenvalue weighted by Crippen LogP contribution is -2.28. The fourth-order valence-corrected chi connectivity index (χ4v) is 2.37. The lowest BCUT2D eigenvalue weighted by Gasteiger charge is -2.22. The highest BCUT2D eigenvalue weighted by molar-refractivity contribution is 5.74. The van der Waals surface area contributed by atoms with E-state index in [1.807, 2.05) is 4.90 Å². The van der Waals surface area contributed by atoms with Gasteiger partial charge in [0.25, 0.3) is 0 Å². The number of nitrogens with two attached hydrogens (primary N) is 1. The molecule has 6 nitrogen and oxygen atoms in total. The molecule has 1 aliphatic heterocycles. The van der Waals surface area contributed by atoms with Crippen molar-refractivity contribution in [3.63, 3.8) is 0 Å². The zero-order valence-electron chi connectivity index (χ0n) is 11.0. The van der Waals surface area contributed by atoms with E-state index in [0.717, 1.165) is 30.8 Å². The fraction of sp³-hybridized carbons (Fsp3) is 0.538. The van der Waals surface area contributed by atoms with Gasteiger partial charge in [-0.25, -0.2) is 0 Å². The third-order valence-electron chi connectivity index (χ3n) is 3.35. The summed E-state index contributed by atoms with van der Waals surface area (Å²) >= 11 is 0. The fourth-order valence-electron chi connectivity index (χ4n) is 2.37. The number of aryl methyl sites for hydroxylation is 1. The molecule has 1 aromatic heterocycles. The Morgan fingerprint density at radius 3 is 2.79 bits per heavy atom. The van der Waals surface area contributed by atoms with Crippen LogP contribution in [0.1, 0.15) is 43.6 Å². The minimum atomic E-state index is -0.343. The summed E-state index contributed by atoms with van der Waals surface area (Å²) < 4.78 is 0. The first kappa shape index (κ1) is 13.5. The maximum Gasteiger partial charge on any atom is 0.220 e. The maximum absolute atomic E-state index is 11.5. The Morgan fingerprint density at radius 2 is 2.21 bits per heavy atom. The summed E-state index contributed by atoms with van der Waals surface area (Å²) in [7, 11) is 0. The summed E-state index contributed by atoms with van der Waals surface area (Å²) in [5.74, 6) is -0.272. The first-order chi connectivity index (χ1) is 9.08. The van der Waals surface area contributed by atoms with Gasteiger partial charge in [-0.3, -0.25) is 19.6 Å². The van der Waals surface area contributed by atoms with Crippen LogP contribution in [0, 0.1) is 0 Å². The van der Waals surface area contributed by atoms with E-state index in [0.29, 0.717) is 6.42 Å².